The number of nitrogens with zero attached hydrogens (tertiary/aromatic N) is 1. The van der Waals surface area contributed by atoms with Crippen molar-refractivity contribution in [2.45, 2.75) is 25.9 Å². The fourth-order valence-electron chi connectivity index (χ4n) is 3.68. The SMILES string of the molecule is CCn1c(O)c([C@@H]2[NH2+]CCc3c2[nH]c2ccccc32)c(=O)[nH]c1=S. The van der Waals surface area contributed by atoms with Crippen LogP contribution in [0, 0.1) is 4.77 Å². The predicted octanol–water partition coefficient (Wildman–Crippen LogP) is 1.32. The van der Waals surface area contributed by atoms with Crippen LogP contribution in [0.1, 0.15) is 29.8 Å². The molecule has 1 aromatic carbocycles. The molecule has 2 aromatic heterocycles. The molecule has 5 N–H and O–H groups in total. The summed E-state index contributed by atoms with van der Waals surface area (Å²) in [6.45, 7) is 3.25. The number of hydrogen-bond acceptors (Lipinski definition) is 3. The second-order valence-corrected chi connectivity index (χ2v) is 6.44. The van der Waals surface area contributed by atoms with E-state index in [4.69, 9.17) is 12.2 Å². The van der Waals surface area contributed by atoms with Gasteiger partial charge in [0.1, 0.15) is 5.56 Å². The van der Waals surface area contributed by atoms with Gasteiger partial charge in [-0.15, -0.1) is 0 Å². The van der Waals surface area contributed by atoms with Gasteiger partial charge in [0, 0.05) is 23.9 Å². The lowest BCUT2D eigenvalue weighted by Gasteiger charge is -2.22. The molecule has 0 unspecified atom stereocenters. The van der Waals surface area contributed by atoms with Crippen LogP contribution in [0.3, 0.4) is 0 Å². The van der Waals surface area contributed by atoms with Crippen LogP contribution in [0.25, 0.3) is 10.9 Å². The quantitative estimate of drug-likeness (QED) is 0.529. The number of fused-ring (bicyclic) bond motifs is 3. The molecule has 3 aromatic rings. The van der Waals surface area contributed by atoms with Crippen LogP contribution in [0.2, 0.25) is 0 Å². The molecule has 6 nitrogen and oxygen atoms in total. The van der Waals surface area contributed by atoms with E-state index >= 15 is 0 Å². The molecule has 0 fully saturated rings. The number of aromatic hydroxyl groups is 1. The minimum Gasteiger partial charge on any atom is -0.494 e. The number of nitrogens with two attached hydrogens (primary N) is 1. The molecule has 1 aliphatic rings. The average molecular weight is 343 g/mol. The van der Waals surface area contributed by atoms with E-state index in [0.29, 0.717) is 12.1 Å². The van der Waals surface area contributed by atoms with E-state index in [2.05, 4.69) is 21.4 Å². The minimum absolute atomic E-state index is 0.0426. The molecule has 1 aliphatic heterocycles. The summed E-state index contributed by atoms with van der Waals surface area (Å²) in [7, 11) is 0. The minimum atomic E-state index is -0.324. The Hall–Kier alpha value is -2.38. The van der Waals surface area contributed by atoms with Crippen molar-refractivity contribution in [3.05, 3.63) is 56.2 Å². The number of quaternary nitrogens is 1. The Morgan fingerprint density at radius 3 is 2.96 bits per heavy atom. The summed E-state index contributed by atoms with van der Waals surface area (Å²) in [6.07, 6.45) is 0.932. The van der Waals surface area contributed by atoms with Crippen molar-refractivity contribution in [1.82, 2.24) is 14.5 Å². The molecular weight excluding hydrogens is 324 g/mol. The lowest BCUT2D eigenvalue weighted by atomic mass is 9.95. The van der Waals surface area contributed by atoms with Crippen LogP contribution in [0.4, 0.5) is 0 Å². The third kappa shape index (κ3) is 2.12. The average Bonchev–Trinajstić information content (AvgIpc) is 2.94. The van der Waals surface area contributed by atoms with E-state index < -0.39 is 0 Å². The molecule has 0 saturated heterocycles. The Bertz CT molecular complexity index is 1050. The predicted molar refractivity (Wildman–Crippen MR) is 93.9 cm³/mol. The summed E-state index contributed by atoms with van der Waals surface area (Å²) in [6, 6.07) is 7.87. The topological polar surface area (TPSA) is 90.4 Å². The summed E-state index contributed by atoms with van der Waals surface area (Å²) >= 11 is 5.15. The van der Waals surface area contributed by atoms with E-state index in [0.717, 1.165) is 24.2 Å². The number of H-pyrrole nitrogens is 2. The van der Waals surface area contributed by atoms with E-state index in [-0.39, 0.29) is 22.3 Å². The van der Waals surface area contributed by atoms with Crippen molar-refractivity contribution >= 4 is 23.1 Å². The van der Waals surface area contributed by atoms with Crippen LogP contribution in [-0.4, -0.2) is 26.2 Å². The molecule has 24 heavy (non-hydrogen) atoms. The number of para-hydroxylation sites is 1. The van der Waals surface area contributed by atoms with Crippen LogP contribution in [0.5, 0.6) is 5.88 Å². The van der Waals surface area contributed by atoms with Gasteiger partial charge in [0.15, 0.2) is 10.8 Å². The van der Waals surface area contributed by atoms with Crippen LogP contribution >= 0.6 is 12.2 Å². The van der Waals surface area contributed by atoms with Crippen molar-refractivity contribution in [2.24, 2.45) is 0 Å². The fourth-order valence-corrected chi connectivity index (χ4v) is 3.99. The molecule has 0 spiro atoms. The molecule has 4 rings (SSSR count). The number of aromatic amines is 2. The molecule has 1 atom stereocenters. The van der Waals surface area contributed by atoms with E-state index in [1.807, 2.05) is 25.1 Å². The van der Waals surface area contributed by atoms with Crippen LogP contribution < -0.4 is 10.9 Å². The van der Waals surface area contributed by atoms with Gasteiger partial charge in [0.05, 0.1) is 12.2 Å². The number of aromatic nitrogens is 3. The molecule has 0 bridgehead atoms. The van der Waals surface area contributed by atoms with Crippen LogP contribution in [0.15, 0.2) is 29.1 Å². The zero-order valence-electron chi connectivity index (χ0n) is 13.3. The Kier molecular flexibility index (Phi) is 3.54. The standard InChI is InChI=1S/C17H18N4O2S/c1-2-21-16(23)12(15(22)20-17(21)24)14-13-10(7-8-18-14)9-5-3-4-6-11(9)19-13/h3-6,14,18-19,23H,2,7-8H2,1H3,(H,20,22,24)/p+1/t14-/m0/s1. The maximum atomic E-state index is 12.5. The van der Waals surface area contributed by atoms with Gasteiger partial charge in [-0.25, -0.2) is 0 Å². The van der Waals surface area contributed by atoms with Gasteiger partial charge in [-0.05, 0) is 30.8 Å². The van der Waals surface area contributed by atoms with Gasteiger partial charge in [0.2, 0.25) is 5.88 Å². The second kappa shape index (κ2) is 5.61. The van der Waals surface area contributed by atoms with Gasteiger partial charge in [-0.3, -0.25) is 14.3 Å². The summed E-state index contributed by atoms with van der Waals surface area (Å²) < 4.78 is 1.80. The summed E-state index contributed by atoms with van der Waals surface area (Å²) in [5.41, 5.74) is 3.31. The second-order valence-electron chi connectivity index (χ2n) is 6.06. The highest BCUT2D eigenvalue weighted by atomic mass is 32.1. The zero-order valence-corrected chi connectivity index (χ0v) is 14.1. The monoisotopic (exact) mass is 343 g/mol. The third-order valence-corrected chi connectivity index (χ3v) is 5.11. The Morgan fingerprint density at radius 2 is 2.17 bits per heavy atom. The number of nitrogens with one attached hydrogen (secondary N) is 2. The third-order valence-electron chi connectivity index (χ3n) is 4.79. The molecule has 0 amide bonds. The van der Waals surface area contributed by atoms with E-state index in [9.17, 15) is 9.90 Å². The Morgan fingerprint density at radius 1 is 1.38 bits per heavy atom. The molecule has 0 aliphatic carbocycles. The first-order valence-electron chi connectivity index (χ1n) is 8.10. The van der Waals surface area contributed by atoms with Gasteiger partial charge >= 0.3 is 0 Å². The smallest absolute Gasteiger partial charge is 0.265 e. The van der Waals surface area contributed by atoms with Gasteiger partial charge in [-0.2, -0.15) is 0 Å². The Balaban J connectivity index is 1.98. The number of hydrogen-bond donors (Lipinski definition) is 4. The summed E-state index contributed by atoms with van der Waals surface area (Å²) in [4.78, 5) is 18.7. The van der Waals surface area contributed by atoms with Crippen molar-refractivity contribution in [1.29, 1.82) is 0 Å². The molecule has 0 radical (unpaired) electrons. The fraction of sp³-hybridized carbons (Fsp3) is 0.294. The maximum Gasteiger partial charge on any atom is 0.265 e. The van der Waals surface area contributed by atoms with Crippen molar-refractivity contribution in [2.75, 3.05) is 6.54 Å². The van der Waals surface area contributed by atoms with Crippen molar-refractivity contribution in [3.8, 4) is 5.88 Å². The molecule has 0 saturated carbocycles. The highest BCUT2D eigenvalue weighted by Crippen LogP contribution is 2.32. The summed E-state index contributed by atoms with van der Waals surface area (Å²) in [5.74, 6) is -0.0426. The van der Waals surface area contributed by atoms with E-state index in [1.165, 1.54) is 10.9 Å². The lowest BCUT2D eigenvalue weighted by molar-refractivity contribution is -0.690. The maximum absolute atomic E-state index is 12.5. The van der Waals surface area contributed by atoms with Gasteiger partial charge in [-0.1, -0.05) is 18.2 Å². The highest BCUT2D eigenvalue weighted by molar-refractivity contribution is 7.71. The molecule has 3 heterocycles. The first kappa shape index (κ1) is 15.2. The molecule has 124 valence electrons. The highest BCUT2D eigenvalue weighted by Gasteiger charge is 2.33. The zero-order chi connectivity index (χ0) is 16.8. The lowest BCUT2D eigenvalue weighted by Crippen LogP contribution is -2.87. The van der Waals surface area contributed by atoms with Crippen molar-refractivity contribution in [3.63, 3.8) is 0 Å². The van der Waals surface area contributed by atoms with Crippen molar-refractivity contribution < 1.29 is 10.4 Å². The normalized spacial score (nSPS) is 17.1. The number of benzene rings is 1. The van der Waals surface area contributed by atoms with Gasteiger partial charge in [0.25, 0.3) is 5.56 Å². The largest absolute Gasteiger partial charge is 0.494 e. The molecule has 7 heteroatoms. The first-order chi connectivity index (χ1) is 11.6. The van der Waals surface area contributed by atoms with Gasteiger partial charge < -0.3 is 15.4 Å². The van der Waals surface area contributed by atoms with E-state index in [1.54, 1.807) is 4.57 Å². The molecular formula is C17H19N4O2S+. The van der Waals surface area contributed by atoms with Crippen LogP contribution in [-0.2, 0) is 13.0 Å². The first-order valence-corrected chi connectivity index (χ1v) is 8.51. The number of rotatable bonds is 2. The Labute approximate surface area is 143 Å². The summed E-state index contributed by atoms with van der Waals surface area (Å²) in [5, 5.41) is 13.9.